The van der Waals surface area contributed by atoms with Crippen LogP contribution in [0.25, 0.3) is 0 Å². The number of benzene rings is 1. The maximum absolute atomic E-state index is 4.25. The van der Waals surface area contributed by atoms with E-state index in [0.717, 1.165) is 31.0 Å². The Labute approximate surface area is 127 Å². The number of aryl methyl sites for hydroxylation is 1. The first-order valence-corrected chi connectivity index (χ1v) is 7.41. The van der Waals surface area contributed by atoms with Gasteiger partial charge in [-0.2, -0.15) is 0 Å². The Morgan fingerprint density at radius 3 is 2.43 bits per heavy atom. The van der Waals surface area contributed by atoms with Gasteiger partial charge in [0.25, 0.3) is 0 Å². The van der Waals surface area contributed by atoms with E-state index in [0.29, 0.717) is 0 Å². The Hall–Kier alpha value is -2.10. The summed E-state index contributed by atoms with van der Waals surface area (Å²) in [5.41, 5.74) is 1.37. The third-order valence-corrected chi connectivity index (χ3v) is 2.96. The van der Waals surface area contributed by atoms with Crippen LogP contribution in [0.1, 0.15) is 32.8 Å². The van der Waals surface area contributed by atoms with Crippen LogP contribution in [0.2, 0.25) is 0 Å². The number of nitrogens with one attached hydrogen (secondary N) is 2. The lowest BCUT2D eigenvalue weighted by Crippen LogP contribution is -2.26. The molecule has 1 aromatic heterocycles. The van der Waals surface area contributed by atoms with Gasteiger partial charge < -0.3 is 10.6 Å². The van der Waals surface area contributed by atoms with Crippen molar-refractivity contribution in [2.75, 3.05) is 17.2 Å². The number of hydrogen-bond acceptors (Lipinski definition) is 4. The highest BCUT2D eigenvalue weighted by Gasteiger charge is 2.10. The summed E-state index contributed by atoms with van der Waals surface area (Å²) in [5.74, 6) is 1.72. The van der Waals surface area contributed by atoms with E-state index < -0.39 is 0 Å². The van der Waals surface area contributed by atoms with Crippen LogP contribution < -0.4 is 10.6 Å². The van der Waals surface area contributed by atoms with Gasteiger partial charge in [-0.1, -0.05) is 30.3 Å². The zero-order valence-electron chi connectivity index (χ0n) is 13.1. The molecular weight excluding hydrogens is 260 g/mol. The highest BCUT2D eigenvalue weighted by molar-refractivity contribution is 5.47. The van der Waals surface area contributed by atoms with Crippen LogP contribution >= 0.6 is 0 Å². The van der Waals surface area contributed by atoms with Crippen LogP contribution in [0.3, 0.4) is 0 Å². The van der Waals surface area contributed by atoms with Gasteiger partial charge in [0, 0.05) is 18.2 Å². The molecule has 0 spiro atoms. The molecular formula is C17H24N4. The van der Waals surface area contributed by atoms with Crippen molar-refractivity contribution in [3.63, 3.8) is 0 Å². The summed E-state index contributed by atoms with van der Waals surface area (Å²) in [4.78, 5) is 8.49. The molecule has 1 aromatic carbocycles. The fourth-order valence-corrected chi connectivity index (χ4v) is 2.06. The summed E-state index contributed by atoms with van der Waals surface area (Å²) in [6, 6.07) is 12.5. The van der Waals surface area contributed by atoms with Gasteiger partial charge >= 0.3 is 0 Å². The molecule has 4 heteroatoms. The molecule has 0 aliphatic heterocycles. The van der Waals surface area contributed by atoms with Gasteiger partial charge in [0.05, 0.1) is 0 Å². The average molecular weight is 284 g/mol. The molecule has 0 unspecified atom stereocenters. The van der Waals surface area contributed by atoms with Crippen LogP contribution in [0.5, 0.6) is 0 Å². The minimum Gasteiger partial charge on any atom is -0.370 e. The summed E-state index contributed by atoms with van der Waals surface area (Å²) in [6.45, 7) is 7.24. The predicted octanol–water partition coefficient (Wildman–Crippen LogP) is 3.73. The van der Waals surface area contributed by atoms with E-state index in [1.165, 1.54) is 5.56 Å². The third kappa shape index (κ3) is 5.81. The smallest absolute Gasteiger partial charge is 0.131 e. The maximum Gasteiger partial charge on any atom is 0.131 e. The van der Waals surface area contributed by atoms with Crippen molar-refractivity contribution in [1.82, 2.24) is 9.97 Å². The molecule has 2 rings (SSSR count). The van der Waals surface area contributed by atoms with Crippen LogP contribution in [-0.2, 0) is 6.42 Å². The summed E-state index contributed by atoms with van der Waals surface area (Å²) in [7, 11) is 0. The number of nitrogens with zero attached hydrogens (tertiary/aromatic N) is 2. The second-order valence-electron chi connectivity index (χ2n) is 6.18. The number of anilines is 2. The predicted molar refractivity (Wildman–Crippen MR) is 88.7 cm³/mol. The monoisotopic (exact) mass is 284 g/mol. The van der Waals surface area contributed by atoms with Crippen molar-refractivity contribution in [3.8, 4) is 0 Å². The molecule has 0 fully saturated rings. The first kappa shape index (κ1) is 15.3. The molecule has 2 N–H and O–H groups in total. The largest absolute Gasteiger partial charge is 0.370 e. The van der Waals surface area contributed by atoms with E-state index in [1.54, 1.807) is 6.33 Å². The van der Waals surface area contributed by atoms with Crippen molar-refractivity contribution < 1.29 is 0 Å². The molecule has 2 aromatic rings. The zero-order chi connectivity index (χ0) is 15.1. The number of rotatable bonds is 6. The summed E-state index contributed by atoms with van der Waals surface area (Å²) < 4.78 is 0. The molecule has 0 saturated carbocycles. The Kier molecular flexibility index (Phi) is 5.14. The second-order valence-corrected chi connectivity index (χ2v) is 6.18. The van der Waals surface area contributed by atoms with Gasteiger partial charge in [-0.05, 0) is 39.2 Å². The molecule has 21 heavy (non-hydrogen) atoms. The fraction of sp³-hybridized carbons (Fsp3) is 0.412. The molecule has 1 heterocycles. The summed E-state index contributed by atoms with van der Waals surface area (Å²) >= 11 is 0. The number of hydrogen-bond donors (Lipinski definition) is 2. The lowest BCUT2D eigenvalue weighted by molar-refractivity contribution is 0.630. The fourth-order valence-electron chi connectivity index (χ4n) is 2.06. The highest BCUT2D eigenvalue weighted by atomic mass is 15.1. The van der Waals surface area contributed by atoms with Gasteiger partial charge in [-0.15, -0.1) is 0 Å². The Morgan fingerprint density at radius 1 is 1.00 bits per heavy atom. The van der Waals surface area contributed by atoms with E-state index in [9.17, 15) is 0 Å². The number of aromatic nitrogens is 2. The van der Waals surface area contributed by atoms with Gasteiger partial charge in [-0.3, -0.25) is 0 Å². The lowest BCUT2D eigenvalue weighted by atomic mass is 10.1. The molecule has 0 aliphatic carbocycles. The molecule has 4 nitrogen and oxygen atoms in total. The highest BCUT2D eigenvalue weighted by Crippen LogP contribution is 2.14. The molecule has 112 valence electrons. The normalized spacial score (nSPS) is 11.2. The Bertz CT molecular complexity index is 546. The minimum atomic E-state index is -0.00106. The minimum absolute atomic E-state index is 0.00106. The van der Waals surface area contributed by atoms with Crippen LogP contribution in [-0.4, -0.2) is 22.1 Å². The van der Waals surface area contributed by atoms with Crippen LogP contribution in [0, 0.1) is 0 Å². The zero-order valence-corrected chi connectivity index (χ0v) is 13.1. The molecule has 0 atom stereocenters. The molecule has 0 saturated heterocycles. The van der Waals surface area contributed by atoms with E-state index in [2.05, 4.69) is 65.6 Å². The molecule has 0 bridgehead atoms. The summed E-state index contributed by atoms with van der Waals surface area (Å²) in [6.07, 6.45) is 3.75. The first-order valence-electron chi connectivity index (χ1n) is 7.41. The first-order chi connectivity index (χ1) is 10.0. The SMILES string of the molecule is CC(C)(C)Nc1cc(NCCCc2ccccc2)ncn1. The van der Waals surface area contributed by atoms with Gasteiger partial charge in [0.1, 0.15) is 18.0 Å². The average Bonchev–Trinajstić information content (AvgIpc) is 2.43. The van der Waals surface area contributed by atoms with Gasteiger partial charge in [-0.25, -0.2) is 9.97 Å². The van der Waals surface area contributed by atoms with E-state index >= 15 is 0 Å². The van der Waals surface area contributed by atoms with Crippen molar-refractivity contribution in [1.29, 1.82) is 0 Å². The van der Waals surface area contributed by atoms with Crippen LogP contribution in [0.15, 0.2) is 42.7 Å². The van der Waals surface area contributed by atoms with Crippen molar-refractivity contribution in [2.45, 2.75) is 39.2 Å². The van der Waals surface area contributed by atoms with E-state index in [1.807, 2.05) is 12.1 Å². The maximum atomic E-state index is 4.25. The van der Waals surface area contributed by atoms with E-state index in [-0.39, 0.29) is 5.54 Å². The van der Waals surface area contributed by atoms with Crippen molar-refractivity contribution in [2.24, 2.45) is 0 Å². The van der Waals surface area contributed by atoms with Crippen molar-refractivity contribution in [3.05, 3.63) is 48.3 Å². The Balaban J connectivity index is 1.79. The standard InChI is InChI=1S/C17H24N4/c1-17(2,3)21-16-12-15(19-13-20-16)18-11-7-10-14-8-5-4-6-9-14/h4-6,8-9,12-13H,7,10-11H2,1-3H3,(H2,18,19,20,21). The van der Waals surface area contributed by atoms with E-state index in [4.69, 9.17) is 0 Å². The lowest BCUT2D eigenvalue weighted by Gasteiger charge is -2.21. The van der Waals surface area contributed by atoms with Crippen molar-refractivity contribution >= 4 is 11.6 Å². The molecule has 0 amide bonds. The quantitative estimate of drug-likeness (QED) is 0.794. The summed E-state index contributed by atoms with van der Waals surface area (Å²) in [5, 5.41) is 6.70. The second kappa shape index (κ2) is 7.07. The molecule has 0 aliphatic rings. The van der Waals surface area contributed by atoms with Gasteiger partial charge in [0.2, 0.25) is 0 Å². The third-order valence-electron chi connectivity index (χ3n) is 2.96. The van der Waals surface area contributed by atoms with Crippen LogP contribution in [0.4, 0.5) is 11.6 Å². The Morgan fingerprint density at radius 2 is 1.71 bits per heavy atom. The van der Waals surface area contributed by atoms with Gasteiger partial charge in [0.15, 0.2) is 0 Å². The molecule has 0 radical (unpaired) electrons. The topological polar surface area (TPSA) is 49.8 Å².